The predicted octanol–water partition coefficient (Wildman–Crippen LogP) is 2.25. The molecule has 140 valence electrons. The maximum Gasteiger partial charge on any atom is 0.356 e. The minimum absolute atomic E-state index is 0.111. The molecule has 0 aliphatic carbocycles. The van der Waals surface area contributed by atoms with Crippen molar-refractivity contribution in [3.05, 3.63) is 28.9 Å². The number of esters is 1. The summed E-state index contributed by atoms with van der Waals surface area (Å²) >= 11 is 6.10. The number of carbonyl (C=O) groups is 2. The average molecular weight is 379 g/mol. The van der Waals surface area contributed by atoms with Crippen LogP contribution in [0.25, 0.3) is 10.9 Å². The van der Waals surface area contributed by atoms with Crippen LogP contribution >= 0.6 is 11.6 Å². The number of benzene rings is 1. The molecule has 2 aromatic rings. The van der Waals surface area contributed by atoms with Crippen LogP contribution in [0.4, 0.5) is 5.69 Å². The Labute approximate surface area is 157 Å². The molecule has 1 aliphatic rings. The molecular formula is C19H25ClN3O3+. The Morgan fingerprint density at radius 1 is 1.42 bits per heavy atom. The highest BCUT2D eigenvalue weighted by Crippen LogP contribution is 2.30. The van der Waals surface area contributed by atoms with Crippen LogP contribution in [0.15, 0.2) is 18.2 Å². The second-order valence-corrected chi connectivity index (χ2v) is 7.56. The second kappa shape index (κ2) is 7.68. The van der Waals surface area contributed by atoms with Crippen LogP contribution in [0.5, 0.6) is 0 Å². The Balaban J connectivity index is 1.90. The number of amides is 1. The van der Waals surface area contributed by atoms with Crippen LogP contribution in [-0.4, -0.2) is 43.1 Å². The molecular weight excluding hydrogens is 354 g/mol. The number of hydrogen-bond acceptors (Lipinski definition) is 3. The lowest BCUT2D eigenvalue weighted by atomic mass is 9.99. The summed E-state index contributed by atoms with van der Waals surface area (Å²) in [6.45, 7) is 6.13. The van der Waals surface area contributed by atoms with E-state index in [2.05, 4.69) is 17.2 Å². The molecule has 3 N–H and O–H groups in total. The first-order chi connectivity index (χ1) is 12.4. The van der Waals surface area contributed by atoms with Gasteiger partial charge in [-0.25, -0.2) is 4.79 Å². The number of fused-ring (bicyclic) bond motifs is 1. The SMILES string of the molecule is COC(=O)c1[nH]c2ccc(Cl)cc2c1NC(=O)[C@H](C)[NH+]1CCC[C@@H](C)C1. The van der Waals surface area contributed by atoms with E-state index in [4.69, 9.17) is 16.3 Å². The maximum absolute atomic E-state index is 12.9. The normalized spacial score (nSPS) is 21.4. The van der Waals surface area contributed by atoms with Crippen LogP contribution in [0.3, 0.4) is 0 Å². The van der Waals surface area contributed by atoms with Gasteiger partial charge in [-0.15, -0.1) is 0 Å². The summed E-state index contributed by atoms with van der Waals surface area (Å²) in [7, 11) is 1.31. The molecule has 6 nitrogen and oxygen atoms in total. The lowest BCUT2D eigenvalue weighted by Gasteiger charge is -2.31. The van der Waals surface area contributed by atoms with Gasteiger partial charge in [0.15, 0.2) is 6.04 Å². The van der Waals surface area contributed by atoms with E-state index in [9.17, 15) is 9.59 Å². The first-order valence-corrected chi connectivity index (χ1v) is 9.33. The number of halogens is 1. The zero-order chi connectivity index (χ0) is 18.8. The number of methoxy groups -OCH3 is 1. The largest absolute Gasteiger partial charge is 0.464 e. The Kier molecular flexibility index (Phi) is 5.53. The van der Waals surface area contributed by atoms with E-state index in [0.29, 0.717) is 22.0 Å². The minimum atomic E-state index is -0.529. The van der Waals surface area contributed by atoms with E-state index in [1.54, 1.807) is 18.2 Å². The fourth-order valence-corrected chi connectivity index (χ4v) is 3.86. The summed E-state index contributed by atoms with van der Waals surface area (Å²) < 4.78 is 4.85. The topological polar surface area (TPSA) is 75.6 Å². The van der Waals surface area contributed by atoms with Crippen LogP contribution in [-0.2, 0) is 9.53 Å². The molecule has 0 saturated carbocycles. The molecule has 1 aromatic carbocycles. The van der Waals surface area contributed by atoms with Crippen molar-refractivity contribution in [3.63, 3.8) is 0 Å². The molecule has 1 saturated heterocycles. The highest BCUT2D eigenvalue weighted by Gasteiger charge is 2.31. The van der Waals surface area contributed by atoms with E-state index in [0.717, 1.165) is 25.0 Å². The molecule has 3 atom stereocenters. The van der Waals surface area contributed by atoms with E-state index in [-0.39, 0.29) is 17.6 Å². The van der Waals surface area contributed by atoms with Gasteiger partial charge in [0.2, 0.25) is 0 Å². The number of anilines is 1. The van der Waals surface area contributed by atoms with Crippen molar-refractivity contribution >= 4 is 40.1 Å². The third kappa shape index (κ3) is 3.71. The van der Waals surface area contributed by atoms with Gasteiger partial charge in [-0.2, -0.15) is 0 Å². The Bertz CT molecular complexity index is 833. The maximum atomic E-state index is 12.9. The molecule has 1 unspecified atom stereocenters. The van der Waals surface area contributed by atoms with Crippen LogP contribution in [0.1, 0.15) is 37.2 Å². The number of quaternary nitrogens is 1. The molecule has 26 heavy (non-hydrogen) atoms. The molecule has 0 bridgehead atoms. The smallest absolute Gasteiger partial charge is 0.356 e. The van der Waals surface area contributed by atoms with Crippen LogP contribution < -0.4 is 10.2 Å². The Morgan fingerprint density at radius 2 is 2.19 bits per heavy atom. The number of rotatable bonds is 4. The summed E-state index contributed by atoms with van der Waals surface area (Å²) in [5.74, 6) is -0.0223. The van der Waals surface area contributed by atoms with E-state index >= 15 is 0 Å². The zero-order valence-corrected chi connectivity index (χ0v) is 16.1. The number of hydrogen-bond donors (Lipinski definition) is 3. The van der Waals surface area contributed by atoms with E-state index < -0.39 is 5.97 Å². The molecule has 0 radical (unpaired) electrons. The fraction of sp³-hybridized carbons (Fsp3) is 0.474. The number of nitrogens with one attached hydrogen (secondary N) is 3. The van der Waals surface area contributed by atoms with Crippen LogP contribution in [0, 0.1) is 5.92 Å². The van der Waals surface area contributed by atoms with E-state index in [1.165, 1.54) is 18.4 Å². The van der Waals surface area contributed by atoms with Gasteiger partial charge in [-0.3, -0.25) is 4.79 Å². The lowest BCUT2D eigenvalue weighted by molar-refractivity contribution is -0.922. The first kappa shape index (κ1) is 18.7. The van der Waals surface area contributed by atoms with Crippen molar-refractivity contribution in [3.8, 4) is 0 Å². The fourth-order valence-electron chi connectivity index (χ4n) is 3.69. The number of H-pyrrole nitrogens is 1. The molecule has 1 aliphatic heterocycles. The van der Waals surface area contributed by atoms with Gasteiger partial charge < -0.3 is 19.9 Å². The van der Waals surface area contributed by atoms with Gasteiger partial charge in [-0.05, 0) is 38.0 Å². The highest BCUT2D eigenvalue weighted by atomic mass is 35.5. The van der Waals surface area contributed by atoms with Crippen molar-refractivity contribution in [2.45, 2.75) is 32.7 Å². The highest BCUT2D eigenvalue weighted by molar-refractivity contribution is 6.31. The summed E-state index contributed by atoms with van der Waals surface area (Å²) in [4.78, 5) is 29.3. The Morgan fingerprint density at radius 3 is 2.88 bits per heavy atom. The number of piperidine rings is 1. The standard InChI is InChI=1S/C19H24ClN3O3/c1-11-5-4-8-23(10-11)12(2)18(24)22-16-14-9-13(20)6-7-15(14)21-17(16)19(25)26-3/h6-7,9,11-12,21H,4-5,8,10H2,1-3H3,(H,22,24)/p+1/t11-,12+/m1/s1. The van der Waals surface area contributed by atoms with Gasteiger partial charge in [-0.1, -0.05) is 18.5 Å². The van der Waals surface area contributed by atoms with Crippen molar-refractivity contribution in [1.82, 2.24) is 4.98 Å². The number of likely N-dealkylation sites (tertiary alicyclic amines) is 1. The number of carbonyl (C=O) groups excluding carboxylic acids is 2. The minimum Gasteiger partial charge on any atom is -0.464 e. The number of aromatic nitrogens is 1. The van der Waals surface area contributed by atoms with Gasteiger partial charge in [0.25, 0.3) is 5.91 Å². The quantitative estimate of drug-likeness (QED) is 0.714. The van der Waals surface area contributed by atoms with Crippen LogP contribution in [0.2, 0.25) is 5.02 Å². The molecule has 2 heterocycles. The lowest BCUT2D eigenvalue weighted by Crippen LogP contribution is -3.17. The third-order valence-electron chi connectivity index (χ3n) is 5.21. The molecule has 7 heteroatoms. The zero-order valence-electron chi connectivity index (χ0n) is 15.3. The summed E-state index contributed by atoms with van der Waals surface area (Å²) in [6.07, 6.45) is 2.34. The summed E-state index contributed by atoms with van der Waals surface area (Å²) in [5.41, 5.74) is 1.37. The van der Waals surface area contributed by atoms with Crippen molar-refractivity contribution < 1.29 is 19.2 Å². The Hall–Kier alpha value is -2.05. The average Bonchev–Trinajstić information content (AvgIpc) is 2.98. The number of ether oxygens (including phenoxy) is 1. The van der Waals surface area contributed by atoms with E-state index in [1.807, 2.05) is 6.92 Å². The van der Waals surface area contributed by atoms with Crippen molar-refractivity contribution in [2.75, 3.05) is 25.5 Å². The van der Waals surface area contributed by atoms with Gasteiger partial charge in [0, 0.05) is 21.8 Å². The third-order valence-corrected chi connectivity index (χ3v) is 5.44. The van der Waals surface area contributed by atoms with Crippen molar-refractivity contribution in [1.29, 1.82) is 0 Å². The summed E-state index contributed by atoms with van der Waals surface area (Å²) in [6, 6.07) is 5.04. The monoisotopic (exact) mass is 378 g/mol. The molecule has 1 amide bonds. The van der Waals surface area contributed by atoms with Gasteiger partial charge >= 0.3 is 5.97 Å². The first-order valence-electron chi connectivity index (χ1n) is 8.95. The second-order valence-electron chi connectivity index (χ2n) is 7.13. The van der Waals surface area contributed by atoms with Gasteiger partial charge in [0.05, 0.1) is 25.9 Å². The number of aromatic amines is 1. The molecule has 3 rings (SSSR count). The molecule has 0 spiro atoms. The molecule has 1 fully saturated rings. The molecule has 1 aromatic heterocycles. The predicted molar refractivity (Wildman–Crippen MR) is 102 cm³/mol. The van der Waals surface area contributed by atoms with Gasteiger partial charge in [0.1, 0.15) is 5.69 Å². The van der Waals surface area contributed by atoms with Crippen molar-refractivity contribution in [2.24, 2.45) is 5.92 Å². The summed E-state index contributed by atoms with van der Waals surface area (Å²) in [5, 5.41) is 4.17.